The van der Waals surface area contributed by atoms with E-state index in [0.29, 0.717) is 13.2 Å². The van der Waals surface area contributed by atoms with Gasteiger partial charge in [0.05, 0.1) is 17.6 Å². The molecule has 3 aromatic rings. The molecule has 0 saturated carbocycles. The van der Waals surface area contributed by atoms with Crippen molar-refractivity contribution < 1.29 is 14.4 Å². The smallest absolute Gasteiger partial charge is 0.269 e. The van der Waals surface area contributed by atoms with Crippen LogP contribution in [0.4, 0.5) is 11.4 Å². The van der Waals surface area contributed by atoms with Crippen LogP contribution in [0, 0.1) is 16.0 Å². The van der Waals surface area contributed by atoms with E-state index in [1.165, 1.54) is 0 Å². The number of nitrogens with one attached hydrogen (secondary N) is 1. The Morgan fingerprint density at radius 2 is 1.88 bits per heavy atom. The van der Waals surface area contributed by atoms with Gasteiger partial charge in [0.1, 0.15) is 6.61 Å². The molecule has 3 atom stereocenters. The van der Waals surface area contributed by atoms with Crippen molar-refractivity contribution in [3.05, 3.63) is 106 Å². The van der Waals surface area contributed by atoms with E-state index < -0.39 is 0 Å². The van der Waals surface area contributed by atoms with E-state index in [1.807, 2.05) is 49.4 Å². The van der Waals surface area contributed by atoms with Crippen LogP contribution in [-0.4, -0.2) is 11.5 Å². The number of allylic oxidation sites excluding steroid dienone is 2. The first-order chi connectivity index (χ1) is 16.1. The van der Waals surface area contributed by atoms with Crippen molar-refractivity contribution in [2.24, 2.45) is 5.92 Å². The molecule has 6 heteroatoms. The second kappa shape index (κ2) is 8.98. The molecular weight excluding hydrogens is 416 g/mol. The number of rotatable bonds is 7. The maximum atomic E-state index is 11.3. The molecule has 168 valence electrons. The highest BCUT2D eigenvalue weighted by Crippen LogP contribution is 2.51. The standard InChI is InChI=1S/C27H26N2O4/c1-2-32-26-15-19(11-14-25(26)33-17-18-7-4-3-5-8-18)27-22-10-6-9-21(22)23-16-20(29(30)31)12-13-24(23)28-27/h3-9,11-16,21-22,27-28H,2,10,17H2,1H3/t21-,22+,27+/m1/s1. The molecule has 0 fully saturated rings. The summed E-state index contributed by atoms with van der Waals surface area (Å²) >= 11 is 0. The summed E-state index contributed by atoms with van der Waals surface area (Å²) in [6, 6.07) is 21.4. The number of hydrogen-bond donors (Lipinski definition) is 1. The van der Waals surface area contributed by atoms with Crippen molar-refractivity contribution in [3.8, 4) is 11.5 Å². The first-order valence-electron chi connectivity index (χ1n) is 11.3. The minimum absolute atomic E-state index is 0.0707. The fourth-order valence-electron chi connectivity index (χ4n) is 4.87. The van der Waals surface area contributed by atoms with Gasteiger partial charge in [-0.3, -0.25) is 10.1 Å². The summed E-state index contributed by atoms with van der Waals surface area (Å²) in [7, 11) is 0. The lowest BCUT2D eigenvalue weighted by Crippen LogP contribution is -2.29. The zero-order valence-electron chi connectivity index (χ0n) is 18.4. The molecule has 1 N–H and O–H groups in total. The molecule has 0 radical (unpaired) electrons. The van der Waals surface area contributed by atoms with Gasteiger partial charge < -0.3 is 14.8 Å². The number of nitro benzene ring substituents is 1. The lowest BCUT2D eigenvalue weighted by Gasteiger charge is -2.37. The molecule has 0 saturated heterocycles. The van der Waals surface area contributed by atoms with Gasteiger partial charge in [0, 0.05) is 23.7 Å². The van der Waals surface area contributed by atoms with Crippen LogP contribution in [0.15, 0.2) is 78.9 Å². The van der Waals surface area contributed by atoms with Crippen LogP contribution in [0.2, 0.25) is 0 Å². The average Bonchev–Trinajstić information content (AvgIpc) is 3.33. The second-order valence-corrected chi connectivity index (χ2v) is 8.42. The topological polar surface area (TPSA) is 73.6 Å². The summed E-state index contributed by atoms with van der Waals surface area (Å²) in [6.07, 6.45) is 5.28. The van der Waals surface area contributed by atoms with Gasteiger partial charge in [-0.05, 0) is 54.2 Å². The van der Waals surface area contributed by atoms with E-state index in [2.05, 4.69) is 29.6 Å². The minimum Gasteiger partial charge on any atom is -0.490 e. The molecule has 0 bridgehead atoms. The number of non-ortho nitro benzene ring substituents is 1. The number of ether oxygens (including phenoxy) is 2. The van der Waals surface area contributed by atoms with Crippen LogP contribution in [0.1, 0.15) is 42.0 Å². The van der Waals surface area contributed by atoms with E-state index >= 15 is 0 Å². The molecule has 2 aliphatic rings. The summed E-state index contributed by atoms with van der Waals surface area (Å²) < 4.78 is 12.0. The normalized spacial score (nSPS) is 20.5. The van der Waals surface area contributed by atoms with Crippen LogP contribution in [0.5, 0.6) is 11.5 Å². The summed E-state index contributed by atoms with van der Waals surface area (Å²) in [6.45, 7) is 2.98. The van der Waals surface area contributed by atoms with Gasteiger partial charge in [-0.15, -0.1) is 0 Å². The molecule has 0 unspecified atom stereocenters. The van der Waals surface area contributed by atoms with Gasteiger partial charge in [-0.25, -0.2) is 0 Å². The second-order valence-electron chi connectivity index (χ2n) is 8.42. The van der Waals surface area contributed by atoms with Crippen molar-refractivity contribution in [1.29, 1.82) is 0 Å². The van der Waals surface area contributed by atoms with Gasteiger partial charge in [-0.1, -0.05) is 48.6 Å². The van der Waals surface area contributed by atoms with Crippen molar-refractivity contribution >= 4 is 11.4 Å². The van der Waals surface area contributed by atoms with Crippen LogP contribution in [-0.2, 0) is 6.61 Å². The quantitative estimate of drug-likeness (QED) is 0.260. The van der Waals surface area contributed by atoms with Crippen LogP contribution in [0.3, 0.4) is 0 Å². The van der Waals surface area contributed by atoms with Crippen molar-refractivity contribution in [2.75, 3.05) is 11.9 Å². The Labute approximate surface area is 193 Å². The fraction of sp³-hybridized carbons (Fsp3) is 0.259. The molecule has 6 nitrogen and oxygen atoms in total. The number of anilines is 1. The fourth-order valence-corrected chi connectivity index (χ4v) is 4.87. The molecule has 0 amide bonds. The van der Waals surface area contributed by atoms with Crippen LogP contribution >= 0.6 is 0 Å². The maximum absolute atomic E-state index is 11.3. The van der Waals surface area contributed by atoms with Gasteiger partial charge in [0.25, 0.3) is 5.69 Å². The average molecular weight is 443 g/mol. The first kappa shape index (κ1) is 21.1. The van der Waals surface area contributed by atoms with E-state index in [-0.39, 0.29) is 28.5 Å². The Balaban J connectivity index is 1.43. The Morgan fingerprint density at radius 1 is 1.03 bits per heavy atom. The number of nitro groups is 1. The molecule has 0 spiro atoms. The van der Waals surface area contributed by atoms with E-state index in [1.54, 1.807) is 12.1 Å². The largest absolute Gasteiger partial charge is 0.490 e. The van der Waals surface area contributed by atoms with E-state index in [4.69, 9.17) is 9.47 Å². The Kier molecular flexibility index (Phi) is 5.73. The summed E-state index contributed by atoms with van der Waals surface area (Å²) in [5.41, 5.74) is 4.29. The predicted octanol–water partition coefficient (Wildman–Crippen LogP) is 6.40. The van der Waals surface area contributed by atoms with E-state index in [0.717, 1.165) is 40.3 Å². The van der Waals surface area contributed by atoms with Crippen LogP contribution in [0.25, 0.3) is 0 Å². The Hall–Kier alpha value is -3.80. The molecule has 33 heavy (non-hydrogen) atoms. The zero-order chi connectivity index (χ0) is 22.8. The third-order valence-corrected chi connectivity index (χ3v) is 6.42. The Morgan fingerprint density at radius 3 is 2.67 bits per heavy atom. The lowest BCUT2D eigenvalue weighted by atomic mass is 9.77. The molecule has 5 rings (SSSR count). The van der Waals surface area contributed by atoms with Gasteiger partial charge in [0.2, 0.25) is 0 Å². The summed E-state index contributed by atoms with van der Waals surface area (Å²) in [4.78, 5) is 11.0. The summed E-state index contributed by atoms with van der Waals surface area (Å²) in [5.74, 6) is 1.88. The van der Waals surface area contributed by atoms with Gasteiger partial charge in [-0.2, -0.15) is 0 Å². The molecule has 3 aromatic carbocycles. The highest BCUT2D eigenvalue weighted by Gasteiger charge is 2.38. The van der Waals surface area contributed by atoms with Crippen LogP contribution < -0.4 is 14.8 Å². The van der Waals surface area contributed by atoms with Crippen molar-refractivity contribution in [1.82, 2.24) is 0 Å². The maximum Gasteiger partial charge on any atom is 0.269 e. The molecule has 1 aliphatic heterocycles. The zero-order valence-corrected chi connectivity index (χ0v) is 18.4. The Bertz CT molecular complexity index is 1190. The van der Waals surface area contributed by atoms with Gasteiger partial charge in [0.15, 0.2) is 11.5 Å². The third kappa shape index (κ3) is 4.16. The minimum atomic E-state index is -0.331. The predicted molar refractivity (Wildman–Crippen MR) is 128 cm³/mol. The molecular formula is C27H26N2O4. The summed E-state index contributed by atoms with van der Waals surface area (Å²) in [5, 5.41) is 14.9. The molecule has 1 heterocycles. The number of nitrogens with zero attached hydrogens (tertiary/aromatic N) is 1. The van der Waals surface area contributed by atoms with Gasteiger partial charge >= 0.3 is 0 Å². The number of fused-ring (bicyclic) bond motifs is 3. The molecule has 1 aliphatic carbocycles. The lowest BCUT2D eigenvalue weighted by molar-refractivity contribution is -0.384. The van der Waals surface area contributed by atoms with E-state index in [9.17, 15) is 10.1 Å². The monoisotopic (exact) mass is 442 g/mol. The SMILES string of the molecule is CCOc1cc([C@@H]2Nc3ccc([N+](=O)[O-])cc3[C@@H]3C=CC[C@@H]32)ccc1OCc1ccccc1. The molecule has 0 aromatic heterocycles. The van der Waals surface area contributed by atoms with Crippen molar-refractivity contribution in [3.63, 3.8) is 0 Å². The first-order valence-corrected chi connectivity index (χ1v) is 11.3. The third-order valence-electron chi connectivity index (χ3n) is 6.42. The van der Waals surface area contributed by atoms with Crippen molar-refractivity contribution in [2.45, 2.75) is 31.9 Å². The number of benzene rings is 3. The number of hydrogen-bond acceptors (Lipinski definition) is 5. The highest BCUT2D eigenvalue weighted by molar-refractivity contribution is 5.63. The highest BCUT2D eigenvalue weighted by atomic mass is 16.6.